The Morgan fingerprint density at radius 1 is 1.41 bits per heavy atom. The fraction of sp³-hybridized carbons (Fsp3) is 0.400. The van der Waals surface area contributed by atoms with E-state index in [4.69, 9.17) is 5.84 Å². The van der Waals surface area contributed by atoms with Crippen LogP contribution in [0, 0.1) is 6.92 Å². The van der Waals surface area contributed by atoms with Crippen molar-refractivity contribution < 1.29 is 0 Å². The van der Waals surface area contributed by atoms with Crippen LogP contribution in [-0.4, -0.2) is 25.0 Å². The molecule has 1 atom stereocenters. The molecule has 7 heteroatoms. The minimum Gasteiger partial charge on any atom is -0.271 e. The Bertz CT molecular complexity index is 476. The Labute approximate surface area is 99.0 Å². The van der Waals surface area contributed by atoms with E-state index in [1.807, 2.05) is 20.2 Å². The largest absolute Gasteiger partial charge is 0.271 e. The molecule has 0 saturated heterocycles. The van der Waals surface area contributed by atoms with Gasteiger partial charge in [0.25, 0.3) is 0 Å². The van der Waals surface area contributed by atoms with Crippen LogP contribution in [0.2, 0.25) is 0 Å². The molecule has 2 rings (SSSR count). The van der Waals surface area contributed by atoms with Gasteiger partial charge in [0.05, 0.1) is 29.3 Å². The lowest BCUT2D eigenvalue weighted by Crippen LogP contribution is -2.30. The van der Waals surface area contributed by atoms with Crippen LogP contribution in [-0.2, 0) is 13.5 Å². The van der Waals surface area contributed by atoms with Crippen LogP contribution in [0.5, 0.6) is 0 Å². The normalized spacial score (nSPS) is 12.6. The predicted octanol–water partition coefficient (Wildman–Crippen LogP) is -0.339. The van der Waals surface area contributed by atoms with E-state index in [1.54, 1.807) is 17.1 Å². The van der Waals surface area contributed by atoms with Gasteiger partial charge in [0.15, 0.2) is 0 Å². The molecule has 0 radical (unpaired) electrons. The number of nitrogens with two attached hydrogens (primary N) is 1. The summed E-state index contributed by atoms with van der Waals surface area (Å²) in [5.74, 6) is 5.52. The van der Waals surface area contributed by atoms with Gasteiger partial charge in [-0.05, 0) is 6.92 Å². The molecule has 0 fully saturated rings. The summed E-state index contributed by atoms with van der Waals surface area (Å²) in [5.41, 5.74) is 5.25. The van der Waals surface area contributed by atoms with Crippen molar-refractivity contribution in [3.63, 3.8) is 0 Å². The molecule has 2 aromatic heterocycles. The van der Waals surface area contributed by atoms with Crippen molar-refractivity contribution in [3.8, 4) is 0 Å². The molecule has 0 aliphatic carbocycles. The molecule has 3 N–H and O–H groups in total. The summed E-state index contributed by atoms with van der Waals surface area (Å²) in [6.07, 6.45) is 5.92. The maximum atomic E-state index is 5.52. The summed E-state index contributed by atoms with van der Waals surface area (Å²) in [6, 6.07) is -0.111. The van der Waals surface area contributed by atoms with Gasteiger partial charge in [-0.25, -0.2) is 0 Å². The first kappa shape index (κ1) is 11.6. The molecule has 17 heavy (non-hydrogen) atoms. The zero-order valence-electron chi connectivity index (χ0n) is 9.83. The van der Waals surface area contributed by atoms with E-state index in [9.17, 15) is 0 Å². The van der Waals surface area contributed by atoms with Gasteiger partial charge >= 0.3 is 0 Å². The molecule has 0 aromatic carbocycles. The number of aryl methyl sites for hydroxylation is 2. The molecule has 0 aliphatic rings. The number of aromatic nitrogens is 5. The van der Waals surface area contributed by atoms with Crippen molar-refractivity contribution in [2.45, 2.75) is 19.4 Å². The number of hydrogen-bond donors (Lipinski definition) is 2. The van der Waals surface area contributed by atoms with Crippen LogP contribution < -0.4 is 11.3 Å². The highest BCUT2D eigenvalue weighted by Gasteiger charge is 2.14. The molecule has 0 amide bonds. The minimum atomic E-state index is -0.111. The van der Waals surface area contributed by atoms with Crippen LogP contribution in [0.4, 0.5) is 0 Å². The first-order valence-electron chi connectivity index (χ1n) is 5.29. The lowest BCUT2D eigenvalue weighted by molar-refractivity contribution is 0.529. The molecule has 1 unspecified atom stereocenters. The average molecular weight is 233 g/mol. The second kappa shape index (κ2) is 4.98. The second-order valence-corrected chi connectivity index (χ2v) is 3.89. The van der Waals surface area contributed by atoms with E-state index in [2.05, 4.69) is 25.7 Å². The van der Waals surface area contributed by atoms with Crippen LogP contribution >= 0.6 is 0 Å². The molecular formula is C10H15N7. The number of hydrogen-bond acceptors (Lipinski definition) is 6. The summed E-state index contributed by atoms with van der Waals surface area (Å²) in [7, 11) is 1.83. The first-order valence-corrected chi connectivity index (χ1v) is 5.29. The highest BCUT2D eigenvalue weighted by molar-refractivity contribution is 5.09. The third-order valence-electron chi connectivity index (χ3n) is 2.42. The summed E-state index contributed by atoms with van der Waals surface area (Å²) < 4.78 is 1.66. The van der Waals surface area contributed by atoms with E-state index in [1.165, 1.54) is 0 Å². The molecule has 0 aliphatic heterocycles. The SMILES string of the molecule is Cc1cnc(C(Cc2cn(C)nn2)NN)cn1. The maximum absolute atomic E-state index is 5.52. The number of nitrogens with zero attached hydrogens (tertiary/aromatic N) is 5. The third-order valence-corrected chi connectivity index (χ3v) is 2.42. The standard InChI is InChI=1S/C10H15N7/c1-7-4-13-10(5-12-7)9(14-11)3-8-6-17(2)16-15-8/h4-6,9,14H,3,11H2,1-2H3. The van der Waals surface area contributed by atoms with Gasteiger partial charge in [0.1, 0.15) is 0 Å². The number of hydrazine groups is 1. The van der Waals surface area contributed by atoms with Gasteiger partial charge in [-0.1, -0.05) is 5.21 Å². The Kier molecular flexibility index (Phi) is 3.40. The molecule has 0 spiro atoms. The molecule has 90 valence electrons. The lowest BCUT2D eigenvalue weighted by atomic mass is 10.1. The van der Waals surface area contributed by atoms with E-state index in [0.717, 1.165) is 17.1 Å². The second-order valence-electron chi connectivity index (χ2n) is 3.89. The Hall–Kier alpha value is -1.86. The van der Waals surface area contributed by atoms with Gasteiger partial charge in [-0.2, -0.15) is 0 Å². The summed E-state index contributed by atoms with van der Waals surface area (Å²) in [6.45, 7) is 1.89. The van der Waals surface area contributed by atoms with Crippen molar-refractivity contribution >= 4 is 0 Å². The predicted molar refractivity (Wildman–Crippen MR) is 61.5 cm³/mol. The molecule has 0 saturated carbocycles. The first-order chi connectivity index (χ1) is 8.19. The Balaban J connectivity index is 2.13. The van der Waals surface area contributed by atoms with Crippen LogP contribution in [0.1, 0.15) is 23.1 Å². The van der Waals surface area contributed by atoms with E-state index in [0.29, 0.717) is 6.42 Å². The monoisotopic (exact) mass is 233 g/mol. The lowest BCUT2D eigenvalue weighted by Gasteiger charge is -2.13. The smallest absolute Gasteiger partial charge is 0.0847 e. The van der Waals surface area contributed by atoms with Gasteiger partial charge in [-0.3, -0.25) is 25.9 Å². The highest BCUT2D eigenvalue weighted by atomic mass is 15.4. The fourth-order valence-corrected chi connectivity index (χ4v) is 1.53. The molecule has 7 nitrogen and oxygen atoms in total. The molecule has 2 aromatic rings. The summed E-state index contributed by atoms with van der Waals surface area (Å²) in [5, 5.41) is 7.89. The van der Waals surface area contributed by atoms with Gasteiger partial charge < -0.3 is 0 Å². The highest BCUT2D eigenvalue weighted by Crippen LogP contribution is 2.13. The van der Waals surface area contributed by atoms with Crippen molar-refractivity contribution in [2.75, 3.05) is 0 Å². The Morgan fingerprint density at radius 2 is 2.24 bits per heavy atom. The van der Waals surface area contributed by atoms with E-state index >= 15 is 0 Å². The van der Waals surface area contributed by atoms with Gasteiger partial charge in [0.2, 0.25) is 0 Å². The zero-order chi connectivity index (χ0) is 12.3. The van der Waals surface area contributed by atoms with Crippen molar-refractivity contribution in [3.05, 3.63) is 35.7 Å². The quantitative estimate of drug-likeness (QED) is 0.554. The fourth-order valence-electron chi connectivity index (χ4n) is 1.53. The van der Waals surface area contributed by atoms with Crippen LogP contribution in [0.25, 0.3) is 0 Å². The average Bonchev–Trinajstić information content (AvgIpc) is 2.73. The van der Waals surface area contributed by atoms with Crippen molar-refractivity contribution in [1.29, 1.82) is 0 Å². The molecule has 2 heterocycles. The summed E-state index contributed by atoms with van der Waals surface area (Å²) in [4.78, 5) is 8.49. The topological polar surface area (TPSA) is 94.5 Å². The van der Waals surface area contributed by atoms with Crippen LogP contribution in [0.3, 0.4) is 0 Å². The van der Waals surface area contributed by atoms with Gasteiger partial charge in [0, 0.05) is 25.9 Å². The number of rotatable bonds is 4. The van der Waals surface area contributed by atoms with Crippen LogP contribution in [0.15, 0.2) is 18.6 Å². The molecular weight excluding hydrogens is 218 g/mol. The van der Waals surface area contributed by atoms with Gasteiger partial charge in [-0.15, -0.1) is 5.10 Å². The van der Waals surface area contributed by atoms with E-state index < -0.39 is 0 Å². The number of nitrogens with one attached hydrogen (secondary N) is 1. The van der Waals surface area contributed by atoms with Crippen molar-refractivity contribution in [2.24, 2.45) is 12.9 Å². The zero-order valence-corrected chi connectivity index (χ0v) is 9.83. The Morgan fingerprint density at radius 3 is 2.76 bits per heavy atom. The van der Waals surface area contributed by atoms with Crippen molar-refractivity contribution in [1.82, 2.24) is 30.4 Å². The molecule has 0 bridgehead atoms. The summed E-state index contributed by atoms with van der Waals surface area (Å²) >= 11 is 0. The maximum Gasteiger partial charge on any atom is 0.0847 e. The van der Waals surface area contributed by atoms with E-state index in [-0.39, 0.29) is 6.04 Å². The third kappa shape index (κ3) is 2.83. The minimum absolute atomic E-state index is 0.111.